The fraction of sp³-hybridized carbons (Fsp3) is 0.444. The second-order valence-electron chi connectivity index (χ2n) is 9.05. The molecule has 1 saturated heterocycles. The van der Waals surface area contributed by atoms with Crippen LogP contribution in [-0.4, -0.2) is 68.6 Å². The standard InChI is InChI=1S/C27H35N3O3/c1-6-21-22-15-19(18-11-13-30(14-12-18)17-26(31)29(2)3)7-9-23(22)28-27(21)20-8-10-24(32-4)25(16-20)33-5/h7-10,15-16,18,28H,6,11-14,17H2,1-5H3. The number of benzene rings is 2. The monoisotopic (exact) mass is 449 g/mol. The molecule has 0 bridgehead atoms. The molecule has 0 unspecified atom stereocenters. The van der Waals surface area contributed by atoms with Gasteiger partial charge in [0.15, 0.2) is 11.5 Å². The van der Waals surface area contributed by atoms with Crippen molar-refractivity contribution < 1.29 is 14.3 Å². The van der Waals surface area contributed by atoms with Crippen LogP contribution in [0.4, 0.5) is 0 Å². The molecule has 0 saturated carbocycles. The van der Waals surface area contributed by atoms with E-state index >= 15 is 0 Å². The molecule has 1 aliphatic heterocycles. The second kappa shape index (κ2) is 9.87. The summed E-state index contributed by atoms with van der Waals surface area (Å²) >= 11 is 0. The number of likely N-dealkylation sites (N-methyl/N-ethyl adjacent to an activating group) is 1. The van der Waals surface area contributed by atoms with Crippen LogP contribution in [0.2, 0.25) is 0 Å². The molecular weight excluding hydrogens is 414 g/mol. The Morgan fingerprint density at radius 2 is 1.79 bits per heavy atom. The number of methoxy groups -OCH3 is 2. The summed E-state index contributed by atoms with van der Waals surface area (Å²) in [5.41, 5.74) is 6.12. The van der Waals surface area contributed by atoms with Crippen LogP contribution in [-0.2, 0) is 11.2 Å². The molecule has 176 valence electrons. The first kappa shape index (κ1) is 23.2. The smallest absolute Gasteiger partial charge is 0.236 e. The van der Waals surface area contributed by atoms with Crippen molar-refractivity contribution in [3.63, 3.8) is 0 Å². The lowest BCUT2D eigenvalue weighted by Gasteiger charge is -2.32. The molecule has 6 heteroatoms. The number of nitrogens with one attached hydrogen (secondary N) is 1. The van der Waals surface area contributed by atoms with E-state index in [1.807, 2.05) is 26.2 Å². The number of hydrogen-bond acceptors (Lipinski definition) is 4. The van der Waals surface area contributed by atoms with Crippen LogP contribution in [0.15, 0.2) is 36.4 Å². The van der Waals surface area contributed by atoms with Crippen molar-refractivity contribution in [2.75, 3.05) is 47.9 Å². The highest BCUT2D eigenvalue weighted by Crippen LogP contribution is 2.38. The van der Waals surface area contributed by atoms with Crippen molar-refractivity contribution in [3.05, 3.63) is 47.5 Å². The molecule has 0 aliphatic carbocycles. The Hall–Kier alpha value is -2.99. The molecule has 2 aromatic carbocycles. The number of nitrogens with zero attached hydrogens (tertiary/aromatic N) is 2. The van der Waals surface area contributed by atoms with Crippen molar-refractivity contribution in [2.45, 2.75) is 32.1 Å². The maximum atomic E-state index is 12.0. The van der Waals surface area contributed by atoms with Gasteiger partial charge in [0.1, 0.15) is 0 Å². The largest absolute Gasteiger partial charge is 0.493 e. The molecule has 1 amide bonds. The molecule has 6 nitrogen and oxygen atoms in total. The summed E-state index contributed by atoms with van der Waals surface area (Å²) in [6.45, 7) is 4.66. The van der Waals surface area contributed by atoms with E-state index < -0.39 is 0 Å². The van der Waals surface area contributed by atoms with E-state index in [2.05, 4.69) is 41.1 Å². The molecule has 1 N–H and O–H groups in total. The first-order chi connectivity index (χ1) is 15.9. The number of hydrogen-bond donors (Lipinski definition) is 1. The SMILES string of the molecule is CCc1c(-c2ccc(OC)c(OC)c2)[nH]c2ccc(C3CCN(CC(=O)N(C)C)CC3)cc12. The molecular formula is C27H35N3O3. The Bertz CT molecular complexity index is 1130. The van der Waals surface area contributed by atoms with Crippen molar-refractivity contribution in [1.29, 1.82) is 0 Å². The highest BCUT2D eigenvalue weighted by Gasteiger charge is 2.23. The van der Waals surface area contributed by atoms with Gasteiger partial charge in [-0.1, -0.05) is 13.0 Å². The summed E-state index contributed by atoms with van der Waals surface area (Å²) < 4.78 is 10.9. The van der Waals surface area contributed by atoms with Gasteiger partial charge in [0.05, 0.1) is 20.8 Å². The minimum absolute atomic E-state index is 0.178. The number of amides is 1. The zero-order valence-electron chi connectivity index (χ0n) is 20.4. The van der Waals surface area contributed by atoms with Crippen LogP contribution in [0, 0.1) is 0 Å². The number of carbonyl (C=O) groups is 1. The number of piperidine rings is 1. The van der Waals surface area contributed by atoms with E-state index in [4.69, 9.17) is 9.47 Å². The molecule has 1 fully saturated rings. The third-order valence-electron chi connectivity index (χ3n) is 6.87. The quantitative estimate of drug-likeness (QED) is 0.569. The predicted molar refractivity (Wildman–Crippen MR) is 133 cm³/mol. The molecule has 2 heterocycles. The lowest BCUT2D eigenvalue weighted by atomic mass is 9.88. The van der Waals surface area contributed by atoms with Gasteiger partial charge < -0.3 is 19.4 Å². The predicted octanol–water partition coefficient (Wildman–Crippen LogP) is 4.68. The highest BCUT2D eigenvalue weighted by molar-refractivity contribution is 5.91. The maximum absolute atomic E-state index is 12.0. The van der Waals surface area contributed by atoms with E-state index in [1.54, 1.807) is 19.1 Å². The van der Waals surface area contributed by atoms with Crippen LogP contribution in [0.1, 0.15) is 36.8 Å². The average molecular weight is 450 g/mol. The Labute approximate surface area is 196 Å². The zero-order valence-corrected chi connectivity index (χ0v) is 20.4. The number of likely N-dealkylation sites (tertiary alicyclic amines) is 1. The summed E-state index contributed by atoms with van der Waals surface area (Å²) in [4.78, 5) is 19.6. The van der Waals surface area contributed by atoms with Gasteiger partial charge in [-0.05, 0) is 79.7 Å². The number of aryl methyl sites for hydroxylation is 1. The third kappa shape index (κ3) is 4.71. The van der Waals surface area contributed by atoms with Crippen molar-refractivity contribution in [2.24, 2.45) is 0 Å². The van der Waals surface area contributed by atoms with E-state index in [-0.39, 0.29) is 5.91 Å². The summed E-state index contributed by atoms with van der Waals surface area (Å²) in [5, 5.41) is 1.30. The van der Waals surface area contributed by atoms with E-state index in [0.717, 1.165) is 60.6 Å². The number of ether oxygens (including phenoxy) is 2. The van der Waals surface area contributed by atoms with Crippen molar-refractivity contribution in [3.8, 4) is 22.8 Å². The molecule has 1 aliphatic rings. The Kier molecular flexibility index (Phi) is 6.94. The maximum Gasteiger partial charge on any atom is 0.236 e. The Morgan fingerprint density at radius 1 is 1.06 bits per heavy atom. The summed E-state index contributed by atoms with van der Waals surface area (Å²) in [6.07, 6.45) is 3.11. The summed E-state index contributed by atoms with van der Waals surface area (Å²) in [7, 11) is 6.97. The van der Waals surface area contributed by atoms with Gasteiger partial charge in [-0.15, -0.1) is 0 Å². The lowest BCUT2D eigenvalue weighted by molar-refractivity contribution is -0.130. The van der Waals surface area contributed by atoms with Crippen LogP contribution < -0.4 is 9.47 Å². The van der Waals surface area contributed by atoms with Crippen molar-refractivity contribution >= 4 is 16.8 Å². The number of carbonyl (C=O) groups excluding carboxylic acids is 1. The van der Waals surface area contributed by atoms with Gasteiger partial charge >= 0.3 is 0 Å². The first-order valence-corrected chi connectivity index (χ1v) is 11.7. The van der Waals surface area contributed by atoms with Crippen molar-refractivity contribution in [1.82, 2.24) is 14.8 Å². The molecule has 33 heavy (non-hydrogen) atoms. The second-order valence-corrected chi connectivity index (χ2v) is 9.05. The van der Waals surface area contributed by atoms with Gasteiger partial charge in [-0.3, -0.25) is 9.69 Å². The average Bonchev–Trinajstić information content (AvgIpc) is 3.21. The van der Waals surface area contributed by atoms with Crippen LogP contribution in [0.3, 0.4) is 0 Å². The highest BCUT2D eigenvalue weighted by atomic mass is 16.5. The van der Waals surface area contributed by atoms with E-state index in [0.29, 0.717) is 12.5 Å². The minimum atomic E-state index is 0.178. The summed E-state index contributed by atoms with van der Waals surface area (Å²) in [6, 6.07) is 12.9. The van der Waals surface area contributed by atoms with Gasteiger partial charge in [-0.25, -0.2) is 0 Å². The van der Waals surface area contributed by atoms with Crippen LogP contribution >= 0.6 is 0 Å². The normalized spacial score (nSPS) is 15.1. The van der Waals surface area contributed by atoms with Crippen LogP contribution in [0.5, 0.6) is 11.5 Å². The number of H-pyrrole nitrogens is 1. The number of fused-ring (bicyclic) bond motifs is 1. The minimum Gasteiger partial charge on any atom is -0.493 e. The molecule has 4 rings (SSSR count). The number of rotatable bonds is 7. The molecule has 0 radical (unpaired) electrons. The number of aromatic nitrogens is 1. The van der Waals surface area contributed by atoms with E-state index in [9.17, 15) is 4.79 Å². The molecule has 3 aromatic rings. The lowest BCUT2D eigenvalue weighted by Crippen LogP contribution is -2.40. The topological polar surface area (TPSA) is 57.8 Å². The zero-order chi connectivity index (χ0) is 23.5. The van der Waals surface area contributed by atoms with Gasteiger partial charge in [0.2, 0.25) is 5.91 Å². The van der Waals surface area contributed by atoms with Crippen LogP contribution in [0.25, 0.3) is 22.2 Å². The van der Waals surface area contributed by atoms with Gasteiger partial charge in [0.25, 0.3) is 0 Å². The molecule has 0 atom stereocenters. The summed E-state index contributed by atoms with van der Waals surface area (Å²) in [5.74, 6) is 2.17. The fourth-order valence-electron chi connectivity index (χ4n) is 4.88. The first-order valence-electron chi connectivity index (χ1n) is 11.7. The number of aromatic amines is 1. The third-order valence-corrected chi connectivity index (χ3v) is 6.87. The van der Waals surface area contributed by atoms with Gasteiger partial charge in [0, 0.05) is 36.3 Å². The van der Waals surface area contributed by atoms with Gasteiger partial charge in [-0.2, -0.15) is 0 Å². The fourth-order valence-corrected chi connectivity index (χ4v) is 4.88. The Balaban J connectivity index is 1.58. The Morgan fingerprint density at radius 3 is 2.42 bits per heavy atom. The van der Waals surface area contributed by atoms with E-state index in [1.165, 1.54) is 16.5 Å². The molecule has 0 spiro atoms. The molecule has 1 aromatic heterocycles.